The van der Waals surface area contributed by atoms with Gasteiger partial charge in [0.15, 0.2) is 0 Å². The Bertz CT molecular complexity index is 510. The maximum absolute atomic E-state index is 11.6. The number of aromatic hydroxyl groups is 1. The molecule has 0 atom stereocenters. The first-order chi connectivity index (χ1) is 8.90. The summed E-state index contributed by atoms with van der Waals surface area (Å²) in [4.78, 5) is 22.8. The first-order valence-corrected chi connectivity index (χ1v) is 5.52. The van der Waals surface area contributed by atoms with Crippen LogP contribution >= 0.6 is 0 Å². The average Bonchev–Trinajstić information content (AvgIpc) is 2.31. The largest absolute Gasteiger partial charge is 0.507 e. The monoisotopic (exact) mass is 265 g/mol. The summed E-state index contributed by atoms with van der Waals surface area (Å²) in [6, 6.07) is 4.04. The number of hydrogen-bond acceptors (Lipinski definition) is 6. The molecular weight excluding hydrogens is 250 g/mol. The van der Waals surface area contributed by atoms with Crippen LogP contribution in [0.5, 0.6) is 5.75 Å². The lowest BCUT2D eigenvalue weighted by Crippen LogP contribution is -2.12. The maximum atomic E-state index is 11.6. The van der Waals surface area contributed by atoms with Crippen molar-refractivity contribution in [3.63, 3.8) is 0 Å². The highest BCUT2D eigenvalue weighted by Crippen LogP contribution is 2.20. The Morgan fingerprint density at radius 3 is 2.74 bits per heavy atom. The lowest BCUT2D eigenvalue weighted by molar-refractivity contribution is -0.140. The summed E-state index contributed by atoms with van der Waals surface area (Å²) in [7, 11) is 0. The van der Waals surface area contributed by atoms with Crippen LogP contribution in [0.1, 0.15) is 23.7 Å². The van der Waals surface area contributed by atoms with Crippen molar-refractivity contribution >= 4 is 17.6 Å². The molecule has 102 valence electrons. The number of esters is 2. The Kier molecular flexibility index (Phi) is 4.93. The van der Waals surface area contributed by atoms with Gasteiger partial charge in [-0.1, -0.05) is 6.58 Å². The van der Waals surface area contributed by atoms with E-state index in [1.807, 2.05) is 0 Å². The number of hydrogen-bond donors (Lipinski definition) is 2. The van der Waals surface area contributed by atoms with E-state index < -0.39 is 11.9 Å². The fourth-order valence-electron chi connectivity index (χ4n) is 1.27. The van der Waals surface area contributed by atoms with Crippen molar-refractivity contribution < 1.29 is 24.2 Å². The van der Waals surface area contributed by atoms with Gasteiger partial charge in [-0.3, -0.25) is 4.79 Å². The normalized spacial score (nSPS) is 9.74. The van der Waals surface area contributed by atoms with E-state index in [0.717, 1.165) is 0 Å². The topological polar surface area (TPSA) is 98.9 Å². The quantitative estimate of drug-likeness (QED) is 0.363. The molecule has 0 spiro atoms. The van der Waals surface area contributed by atoms with Crippen LogP contribution in [0.3, 0.4) is 0 Å². The SMILES string of the molecule is C=C(C)OC(=O)CCOC(=O)c1cc(N)ccc1O. The number of phenols is 1. The van der Waals surface area contributed by atoms with Crippen LogP contribution in [0.15, 0.2) is 30.5 Å². The third kappa shape index (κ3) is 4.71. The molecule has 0 fully saturated rings. The summed E-state index contributed by atoms with van der Waals surface area (Å²) < 4.78 is 9.52. The molecule has 1 aromatic carbocycles. The summed E-state index contributed by atoms with van der Waals surface area (Å²) in [5, 5.41) is 9.47. The van der Waals surface area contributed by atoms with E-state index in [-0.39, 0.29) is 30.1 Å². The molecule has 0 aliphatic carbocycles. The molecule has 0 bridgehead atoms. The molecule has 0 amide bonds. The zero-order valence-electron chi connectivity index (χ0n) is 10.5. The number of allylic oxidation sites excluding steroid dienone is 1. The van der Waals surface area contributed by atoms with Crippen LogP contribution in [0.2, 0.25) is 0 Å². The highest BCUT2D eigenvalue weighted by Gasteiger charge is 2.14. The molecule has 1 aromatic rings. The number of anilines is 1. The Balaban J connectivity index is 2.50. The maximum Gasteiger partial charge on any atom is 0.342 e. The van der Waals surface area contributed by atoms with Crippen LogP contribution in [0, 0.1) is 0 Å². The molecule has 6 heteroatoms. The van der Waals surface area contributed by atoms with Crippen molar-refractivity contribution in [1.82, 2.24) is 0 Å². The number of ether oxygens (including phenoxy) is 2. The van der Waals surface area contributed by atoms with Gasteiger partial charge in [-0.2, -0.15) is 0 Å². The van der Waals surface area contributed by atoms with Crippen molar-refractivity contribution in [2.75, 3.05) is 12.3 Å². The molecule has 0 heterocycles. The van der Waals surface area contributed by atoms with E-state index in [9.17, 15) is 14.7 Å². The first-order valence-electron chi connectivity index (χ1n) is 5.52. The molecule has 19 heavy (non-hydrogen) atoms. The van der Waals surface area contributed by atoms with Crippen molar-refractivity contribution in [3.05, 3.63) is 36.1 Å². The van der Waals surface area contributed by atoms with Gasteiger partial charge in [-0.15, -0.1) is 0 Å². The summed E-state index contributed by atoms with van der Waals surface area (Å²) >= 11 is 0. The summed E-state index contributed by atoms with van der Waals surface area (Å²) in [6.45, 7) is 4.79. The summed E-state index contributed by atoms with van der Waals surface area (Å²) in [6.07, 6.45) is -0.0956. The summed E-state index contributed by atoms with van der Waals surface area (Å²) in [5.41, 5.74) is 5.77. The Morgan fingerprint density at radius 2 is 2.11 bits per heavy atom. The van der Waals surface area contributed by atoms with Gasteiger partial charge < -0.3 is 20.3 Å². The molecule has 0 saturated heterocycles. The number of rotatable bonds is 5. The summed E-state index contributed by atoms with van der Waals surface area (Å²) in [5.74, 6) is -1.27. The third-order valence-corrected chi connectivity index (χ3v) is 2.07. The lowest BCUT2D eigenvalue weighted by atomic mass is 10.2. The van der Waals surface area contributed by atoms with Crippen LogP contribution < -0.4 is 5.73 Å². The van der Waals surface area contributed by atoms with Crippen molar-refractivity contribution in [2.45, 2.75) is 13.3 Å². The zero-order valence-corrected chi connectivity index (χ0v) is 10.5. The van der Waals surface area contributed by atoms with Gasteiger partial charge in [0.25, 0.3) is 0 Å². The smallest absolute Gasteiger partial charge is 0.342 e. The average molecular weight is 265 g/mol. The minimum atomic E-state index is -0.757. The van der Waals surface area contributed by atoms with E-state index >= 15 is 0 Å². The van der Waals surface area contributed by atoms with Crippen LogP contribution in [0.4, 0.5) is 5.69 Å². The Hall–Kier alpha value is -2.50. The van der Waals surface area contributed by atoms with Gasteiger partial charge in [-0.05, 0) is 25.1 Å². The van der Waals surface area contributed by atoms with Gasteiger partial charge in [0, 0.05) is 5.69 Å². The van der Waals surface area contributed by atoms with Crippen LogP contribution in [-0.4, -0.2) is 23.7 Å². The van der Waals surface area contributed by atoms with Gasteiger partial charge in [0.1, 0.15) is 17.9 Å². The van der Waals surface area contributed by atoms with E-state index in [1.54, 1.807) is 0 Å². The minimum absolute atomic E-state index is 0.0479. The van der Waals surface area contributed by atoms with Crippen molar-refractivity contribution in [2.24, 2.45) is 0 Å². The number of phenolic OH excluding ortho intramolecular Hbond substituents is 1. The Labute approximate surface area is 110 Å². The second-order valence-electron chi connectivity index (χ2n) is 3.84. The lowest BCUT2D eigenvalue weighted by Gasteiger charge is -2.07. The molecule has 0 unspecified atom stereocenters. The van der Waals surface area contributed by atoms with Crippen LogP contribution in [0.25, 0.3) is 0 Å². The van der Waals surface area contributed by atoms with Crippen molar-refractivity contribution in [1.29, 1.82) is 0 Å². The second-order valence-corrected chi connectivity index (χ2v) is 3.84. The van der Waals surface area contributed by atoms with Gasteiger partial charge in [-0.25, -0.2) is 4.79 Å². The standard InChI is InChI=1S/C13H15NO5/c1-8(2)19-12(16)5-6-18-13(17)10-7-9(14)3-4-11(10)15/h3-4,7,15H,1,5-6,14H2,2H3. The molecule has 0 aromatic heterocycles. The van der Waals surface area contributed by atoms with E-state index in [0.29, 0.717) is 5.69 Å². The molecule has 3 N–H and O–H groups in total. The number of carbonyl (C=O) groups is 2. The molecule has 0 saturated carbocycles. The van der Waals surface area contributed by atoms with Crippen LogP contribution in [-0.2, 0) is 14.3 Å². The van der Waals surface area contributed by atoms with E-state index in [2.05, 4.69) is 11.3 Å². The highest BCUT2D eigenvalue weighted by atomic mass is 16.6. The van der Waals surface area contributed by atoms with Gasteiger partial charge >= 0.3 is 11.9 Å². The molecule has 0 radical (unpaired) electrons. The second kappa shape index (κ2) is 6.44. The number of nitrogen functional groups attached to an aromatic ring is 1. The third-order valence-electron chi connectivity index (χ3n) is 2.07. The minimum Gasteiger partial charge on any atom is -0.507 e. The predicted molar refractivity (Wildman–Crippen MR) is 68.3 cm³/mol. The molecular formula is C13H15NO5. The number of carbonyl (C=O) groups excluding carboxylic acids is 2. The fourth-order valence-corrected chi connectivity index (χ4v) is 1.27. The van der Waals surface area contributed by atoms with Gasteiger partial charge in [0.2, 0.25) is 0 Å². The molecule has 6 nitrogen and oxygen atoms in total. The van der Waals surface area contributed by atoms with Crippen molar-refractivity contribution in [3.8, 4) is 5.75 Å². The molecule has 0 aliphatic rings. The molecule has 0 aliphatic heterocycles. The highest BCUT2D eigenvalue weighted by molar-refractivity contribution is 5.93. The number of benzene rings is 1. The zero-order chi connectivity index (χ0) is 14.4. The first kappa shape index (κ1) is 14.6. The molecule has 1 rings (SSSR count). The number of nitrogens with two attached hydrogens (primary N) is 1. The van der Waals surface area contributed by atoms with Gasteiger partial charge in [0.05, 0.1) is 12.2 Å². The van der Waals surface area contributed by atoms with E-state index in [4.69, 9.17) is 10.5 Å². The fraction of sp³-hybridized carbons (Fsp3) is 0.231. The Morgan fingerprint density at radius 1 is 1.42 bits per heavy atom. The predicted octanol–water partition coefficient (Wildman–Crippen LogP) is 1.60. The van der Waals surface area contributed by atoms with E-state index in [1.165, 1.54) is 25.1 Å².